The van der Waals surface area contributed by atoms with Crippen LogP contribution in [0, 0.1) is 13.8 Å². The number of carboxylic acid groups (broad SMARTS) is 1. The number of ether oxygens (including phenoxy) is 1. The molecular formula is C29H25ClNO6-. The third-order valence-corrected chi connectivity index (χ3v) is 6.46. The van der Waals surface area contributed by atoms with Crippen molar-refractivity contribution in [3.63, 3.8) is 0 Å². The second-order valence-corrected chi connectivity index (χ2v) is 9.22. The van der Waals surface area contributed by atoms with Gasteiger partial charge in [0.2, 0.25) is 0 Å². The summed E-state index contributed by atoms with van der Waals surface area (Å²) in [6.45, 7) is 3.19. The molecule has 1 N–H and O–H groups in total. The molecule has 0 radical (unpaired) electrons. The van der Waals surface area contributed by atoms with Gasteiger partial charge in [-0.05, 0) is 61.2 Å². The lowest BCUT2D eigenvalue weighted by Crippen LogP contribution is -2.50. The number of halogens is 1. The number of benzene rings is 3. The van der Waals surface area contributed by atoms with Crippen molar-refractivity contribution in [1.82, 2.24) is 5.32 Å². The van der Waals surface area contributed by atoms with Crippen molar-refractivity contribution in [2.45, 2.75) is 32.7 Å². The van der Waals surface area contributed by atoms with Crippen molar-refractivity contribution in [3.8, 4) is 5.75 Å². The van der Waals surface area contributed by atoms with E-state index in [-0.39, 0.29) is 6.42 Å². The Balaban J connectivity index is 1.47. The molecule has 0 bridgehead atoms. The third kappa shape index (κ3) is 6.19. The number of rotatable bonds is 9. The van der Waals surface area contributed by atoms with E-state index in [9.17, 15) is 19.5 Å². The van der Waals surface area contributed by atoms with Crippen LogP contribution in [-0.4, -0.2) is 24.5 Å². The van der Waals surface area contributed by atoms with Crippen molar-refractivity contribution in [3.05, 3.63) is 110 Å². The normalized spacial score (nSPS) is 11.8. The Morgan fingerprint density at radius 1 is 0.973 bits per heavy atom. The van der Waals surface area contributed by atoms with Gasteiger partial charge in [0, 0.05) is 28.0 Å². The zero-order valence-corrected chi connectivity index (χ0v) is 21.1. The van der Waals surface area contributed by atoms with Crippen molar-refractivity contribution < 1.29 is 23.8 Å². The average Bonchev–Trinajstić information content (AvgIpc) is 2.88. The summed E-state index contributed by atoms with van der Waals surface area (Å²) in [6, 6.07) is 18.6. The molecule has 4 rings (SSSR count). The van der Waals surface area contributed by atoms with Crippen molar-refractivity contribution in [2.24, 2.45) is 0 Å². The first-order chi connectivity index (χ1) is 17.7. The summed E-state index contributed by atoms with van der Waals surface area (Å²) in [5.74, 6) is -1.68. The van der Waals surface area contributed by atoms with E-state index in [0.717, 1.165) is 16.5 Å². The standard InChI is InChI=1S/C29H26ClNO6/c1-17-22-12-13-25(18(2)27(22)37-29(35)23(17)14-19-6-4-3-5-7-19)36-16-26(32)31-24(28(33)34)15-20-8-10-21(30)11-9-20/h3-13,24H,14-16H2,1-2H3,(H,31,32)(H,33,34)/p-1/t24-/m1/s1. The highest BCUT2D eigenvalue weighted by molar-refractivity contribution is 6.30. The first kappa shape index (κ1) is 26.0. The third-order valence-electron chi connectivity index (χ3n) is 6.21. The summed E-state index contributed by atoms with van der Waals surface area (Å²) in [5, 5.41) is 15.3. The van der Waals surface area contributed by atoms with Gasteiger partial charge in [0.1, 0.15) is 11.3 Å². The average molecular weight is 519 g/mol. The number of aliphatic carboxylic acids is 1. The molecule has 1 amide bonds. The van der Waals surface area contributed by atoms with Gasteiger partial charge in [-0.2, -0.15) is 0 Å². The molecule has 0 saturated heterocycles. The van der Waals surface area contributed by atoms with Crippen LogP contribution in [0.2, 0.25) is 5.02 Å². The number of aryl methyl sites for hydroxylation is 2. The first-order valence-corrected chi connectivity index (χ1v) is 12.1. The van der Waals surface area contributed by atoms with Gasteiger partial charge in [-0.3, -0.25) is 4.79 Å². The summed E-state index contributed by atoms with van der Waals surface area (Å²) in [4.78, 5) is 36.8. The maximum Gasteiger partial charge on any atom is 0.340 e. The predicted octanol–water partition coefficient (Wildman–Crippen LogP) is 3.51. The van der Waals surface area contributed by atoms with E-state index in [1.807, 2.05) is 37.3 Å². The SMILES string of the molecule is Cc1c(Cc2ccccc2)c(=O)oc2c(C)c(OCC(=O)N[C@H](Cc3ccc(Cl)cc3)C(=O)[O-])ccc12. The fourth-order valence-electron chi connectivity index (χ4n) is 4.16. The number of hydrogen-bond donors (Lipinski definition) is 1. The number of fused-ring (bicyclic) bond motifs is 1. The Morgan fingerprint density at radius 3 is 2.35 bits per heavy atom. The van der Waals surface area contributed by atoms with Gasteiger partial charge in [-0.25, -0.2) is 4.79 Å². The second kappa shape index (κ2) is 11.3. The van der Waals surface area contributed by atoms with Crippen LogP contribution in [0.3, 0.4) is 0 Å². The van der Waals surface area contributed by atoms with Gasteiger partial charge in [-0.15, -0.1) is 0 Å². The molecule has 1 atom stereocenters. The molecule has 0 saturated carbocycles. The van der Waals surface area contributed by atoms with Crippen LogP contribution in [0.5, 0.6) is 5.75 Å². The van der Waals surface area contributed by atoms with E-state index >= 15 is 0 Å². The molecule has 1 heterocycles. The minimum absolute atomic E-state index is 0.0377. The molecule has 0 aliphatic rings. The van der Waals surface area contributed by atoms with Gasteiger partial charge >= 0.3 is 5.63 Å². The van der Waals surface area contributed by atoms with Crippen LogP contribution in [0.25, 0.3) is 11.0 Å². The zero-order chi connectivity index (χ0) is 26.5. The molecule has 0 aliphatic heterocycles. The summed E-state index contributed by atoms with van der Waals surface area (Å²) in [7, 11) is 0. The Morgan fingerprint density at radius 2 is 1.68 bits per heavy atom. The van der Waals surface area contributed by atoms with Gasteiger partial charge in [0.25, 0.3) is 5.91 Å². The summed E-state index contributed by atoms with van der Waals surface area (Å²) >= 11 is 5.86. The van der Waals surface area contributed by atoms with E-state index < -0.39 is 30.2 Å². The van der Waals surface area contributed by atoms with Crippen LogP contribution >= 0.6 is 11.6 Å². The van der Waals surface area contributed by atoms with E-state index in [2.05, 4.69) is 5.32 Å². The molecule has 190 valence electrons. The molecule has 37 heavy (non-hydrogen) atoms. The van der Waals surface area contributed by atoms with Crippen molar-refractivity contribution in [2.75, 3.05) is 6.61 Å². The number of carbonyl (C=O) groups is 2. The summed E-state index contributed by atoms with van der Waals surface area (Å²) in [6.07, 6.45) is 0.494. The van der Waals surface area contributed by atoms with Crippen LogP contribution in [0.15, 0.2) is 75.9 Å². The van der Waals surface area contributed by atoms with Gasteiger partial charge in [0.15, 0.2) is 6.61 Å². The Bertz CT molecular complexity index is 1500. The Hall–Kier alpha value is -4.10. The van der Waals surface area contributed by atoms with E-state index in [4.69, 9.17) is 20.8 Å². The Kier molecular flexibility index (Phi) is 7.94. The second-order valence-electron chi connectivity index (χ2n) is 8.78. The molecular weight excluding hydrogens is 494 g/mol. The Labute approximate surface area is 218 Å². The minimum atomic E-state index is -1.41. The highest BCUT2D eigenvalue weighted by Gasteiger charge is 2.18. The highest BCUT2D eigenvalue weighted by Crippen LogP contribution is 2.30. The molecule has 0 spiro atoms. The number of carboxylic acids is 1. The minimum Gasteiger partial charge on any atom is -0.548 e. The monoisotopic (exact) mass is 518 g/mol. The summed E-state index contributed by atoms with van der Waals surface area (Å²) < 4.78 is 11.3. The first-order valence-electron chi connectivity index (χ1n) is 11.7. The van der Waals surface area contributed by atoms with E-state index in [1.54, 1.807) is 43.3 Å². The van der Waals surface area contributed by atoms with Gasteiger partial charge in [-0.1, -0.05) is 54.1 Å². The zero-order valence-electron chi connectivity index (χ0n) is 20.4. The predicted molar refractivity (Wildman–Crippen MR) is 139 cm³/mol. The van der Waals surface area contributed by atoms with Crippen LogP contribution in [0.1, 0.15) is 27.8 Å². The molecule has 1 aromatic heterocycles. The summed E-state index contributed by atoms with van der Waals surface area (Å²) in [5.41, 5.74) is 3.61. The number of hydrogen-bond acceptors (Lipinski definition) is 6. The van der Waals surface area contributed by atoms with Crippen LogP contribution < -0.4 is 20.8 Å². The quantitative estimate of drug-likeness (QED) is 0.340. The molecule has 0 unspecified atom stereocenters. The number of nitrogens with one attached hydrogen (secondary N) is 1. The van der Waals surface area contributed by atoms with Crippen molar-refractivity contribution in [1.29, 1.82) is 0 Å². The molecule has 3 aromatic carbocycles. The van der Waals surface area contributed by atoms with Crippen LogP contribution in [0.4, 0.5) is 0 Å². The lowest BCUT2D eigenvalue weighted by atomic mass is 9.98. The maximum absolute atomic E-state index is 12.8. The molecule has 7 nitrogen and oxygen atoms in total. The molecule has 8 heteroatoms. The number of carbonyl (C=O) groups excluding carboxylic acids is 2. The van der Waals surface area contributed by atoms with E-state index in [1.165, 1.54) is 0 Å². The lowest BCUT2D eigenvalue weighted by molar-refractivity contribution is -0.308. The molecule has 0 fully saturated rings. The maximum atomic E-state index is 12.8. The van der Waals surface area contributed by atoms with Gasteiger partial charge in [0.05, 0.1) is 12.0 Å². The fourth-order valence-corrected chi connectivity index (χ4v) is 4.29. The fraction of sp³-hybridized carbons (Fsp3) is 0.207. The molecule has 4 aromatic rings. The smallest absolute Gasteiger partial charge is 0.340 e. The lowest BCUT2D eigenvalue weighted by Gasteiger charge is -2.20. The topological polar surface area (TPSA) is 109 Å². The number of amides is 1. The molecule has 0 aliphatic carbocycles. The van der Waals surface area contributed by atoms with Crippen molar-refractivity contribution >= 4 is 34.4 Å². The van der Waals surface area contributed by atoms with Crippen LogP contribution in [-0.2, 0) is 22.4 Å². The van der Waals surface area contributed by atoms with Gasteiger partial charge < -0.3 is 24.4 Å². The highest BCUT2D eigenvalue weighted by atomic mass is 35.5. The largest absolute Gasteiger partial charge is 0.548 e. The van der Waals surface area contributed by atoms with E-state index in [0.29, 0.717) is 39.5 Å².